The smallest absolute Gasteiger partial charge is 0.252 e. The SMILES string of the molecule is Cn1c(=O)cc(C(=O)NCc2cn(-c3ccccc3)nc2-c2ccccc2)c2ccccc21. The molecule has 6 heteroatoms. The van der Waals surface area contributed by atoms with Gasteiger partial charge in [-0.2, -0.15) is 5.10 Å². The highest BCUT2D eigenvalue weighted by atomic mass is 16.2. The van der Waals surface area contributed by atoms with E-state index in [1.807, 2.05) is 95.8 Å². The number of pyridine rings is 1. The minimum Gasteiger partial charge on any atom is -0.348 e. The van der Waals surface area contributed by atoms with E-state index in [2.05, 4.69) is 5.32 Å². The third-order valence-electron chi connectivity index (χ3n) is 5.70. The number of para-hydroxylation sites is 2. The van der Waals surface area contributed by atoms with E-state index in [1.54, 1.807) is 11.6 Å². The average molecular weight is 434 g/mol. The summed E-state index contributed by atoms with van der Waals surface area (Å²) in [5.74, 6) is -0.296. The fourth-order valence-corrected chi connectivity index (χ4v) is 3.96. The number of nitrogens with zero attached hydrogens (tertiary/aromatic N) is 3. The van der Waals surface area contributed by atoms with E-state index in [0.717, 1.165) is 33.4 Å². The molecule has 1 amide bonds. The van der Waals surface area contributed by atoms with Crippen LogP contribution in [-0.4, -0.2) is 20.3 Å². The number of aromatic nitrogens is 3. The molecule has 0 bridgehead atoms. The maximum Gasteiger partial charge on any atom is 0.252 e. The number of hydrogen-bond donors (Lipinski definition) is 1. The summed E-state index contributed by atoms with van der Waals surface area (Å²) < 4.78 is 3.36. The van der Waals surface area contributed by atoms with Crippen molar-refractivity contribution in [3.63, 3.8) is 0 Å². The van der Waals surface area contributed by atoms with Crippen LogP contribution in [0.5, 0.6) is 0 Å². The molecule has 0 unspecified atom stereocenters. The first-order valence-electron chi connectivity index (χ1n) is 10.7. The molecule has 1 N–H and O–H groups in total. The van der Waals surface area contributed by atoms with E-state index >= 15 is 0 Å². The predicted molar refractivity (Wildman–Crippen MR) is 129 cm³/mol. The normalized spacial score (nSPS) is 10.9. The van der Waals surface area contributed by atoms with Gasteiger partial charge in [-0.25, -0.2) is 4.68 Å². The molecule has 0 aliphatic heterocycles. The van der Waals surface area contributed by atoms with Crippen LogP contribution in [0.2, 0.25) is 0 Å². The monoisotopic (exact) mass is 434 g/mol. The van der Waals surface area contributed by atoms with Crippen LogP contribution in [0.4, 0.5) is 0 Å². The van der Waals surface area contributed by atoms with Crippen molar-refractivity contribution in [2.24, 2.45) is 7.05 Å². The van der Waals surface area contributed by atoms with Crippen molar-refractivity contribution in [1.82, 2.24) is 19.7 Å². The number of nitrogens with one attached hydrogen (secondary N) is 1. The van der Waals surface area contributed by atoms with Gasteiger partial charge in [0.2, 0.25) is 0 Å². The van der Waals surface area contributed by atoms with Crippen LogP contribution < -0.4 is 10.9 Å². The topological polar surface area (TPSA) is 68.9 Å². The third kappa shape index (κ3) is 3.94. The number of rotatable bonds is 5. The first-order chi connectivity index (χ1) is 16.1. The Balaban J connectivity index is 1.49. The van der Waals surface area contributed by atoms with Crippen LogP contribution in [0, 0.1) is 0 Å². The second-order valence-corrected chi connectivity index (χ2v) is 7.80. The van der Waals surface area contributed by atoms with E-state index in [0.29, 0.717) is 5.56 Å². The Labute approximate surface area is 190 Å². The van der Waals surface area contributed by atoms with Crippen molar-refractivity contribution >= 4 is 16.8 Å². The van der Waals surface area contributed by atoms with E-state index in [1.165, 1.54) is 6.07 Å². The Morgan fingerprint density at radius 1 is 0.909 bits per heavy atom. The summed E-state index contributed by atoms with van der Waals surface area (Å²) in [6.07, 6.45) is 1.93. The number of hydrogen-bond acceptors (Lipinski definition) is 3. The molecule has 0 aliphatic carbocycles. The van der Waals surface area contributed by atoms with Gasteiger partial charge in [-0.05, 0) is 18.2 Å². The lowest BCUT2D eigenvalue weighted by Gasteiger charge is -2.10. The summed E-state index contributed by atoms with van der Waals surface area (Å²) in [6.45, 7) is 0.277. The second-order valence-electron chi connectivity index (χ2n) is 7.80. The van der Waals surface area contributed by atoms with E-state index < -0.39 is 0 Å². The van der Waals surface area contributed by atoms with E-state index in [-0.39, 0.29) is 18.0 Å². The Morgan fingerprint density at radius 3 is 2.33 bits per heavy atom. The number of amides is 1. The Bertz CT molecular complexity index is 1500. The molecule has 0 saturated carbocycles. The molecule has 33 heavy (non-hydrogen) atoms. The highest BCUT2D eigenvalue weighted by molar-refractivity contribution is 6.06. The van der Waals surface area contributed by atoms with Gasteiger partial charge in [-0.15, -0.1) is 0 Å². The van der Waals surface area contributed by atoms with Crippen LogP contribution in [0.1, 0.15) is 15.9 Å². The van der Waals surface area contributed by atoms with Crippen molar-refractivity contribution in [3.05, 3.63) is 119 Å². The molecule has 0 spiro atoms. The minimum absolute atomic E-state index is 0.222. The second kappa shape index (κ2) is 8.59. The van der Waals surface area contributed by atoms with E-state index in [9.17, 15) is 9.59 Å². The average Bonchev–Trinajstić information content (AvgIpc) is 3.30. The van der Waals surface area contributed by atoms with Gasteiger partial charge >= 0.3 is 0 Å². The zero-order valence-electron chi connectivity index (χ0n) is 18.1. The van der Waals surface area contributed by atoms with Gasteiger partial charge in [0.15, 0.2) is 0 Å². The van der Waals surface area contributed by atoms with Crippen molar-refractivity contribution in [2.45, 2.75) is 6.54 Å². The number of benzene rings is 3. The molecule has 0 radical (unpaired) electrons. The summed E-state index contributed by atoms with van der Waals surface area (Å²) in [5.41, 5.74) is 4.45. The molecule has 3 aromatic carbocycles. The summed E-state index contributed by atoms with van der Waals surface area (Å²) in [6, 6.07) is 28.5. The maximum absolute atomic E-state index is 13.1. The summed E-state index contributed by atoms with van der Waals surface area (Å²) >= 11 is 0. The molecule has 0 aliphatic rings. The highest BCUT2D eigenvalue weighted by Crippen LogP contribution is 2.24. The molecule has 0 fully saturated rings. The number of fused-ring (bicyclic) bond motifs is 1. The van der Waals surface area contributed by atoms with Gasteiger partial charge in [0, 0.05) is 42.4 Å². The van der Waals surface area contributed by atoms with Crippen molar-refractivity contribution in [3.8, 4) is 16.9 Å². The Morgan fingerprint density at radius 2 is 1.58 bits per heavy atom. The number of carbonyl (C=O) groups excluding carboxylic acids is 1. The van der Waals surface area contributed by atoms with Gasteiger partial charge in [0.05, 0.1) is 22.5 Å². The number of carbonyl (C=O) groups is 1. The third-order valence-corrected chi connectivity index (χ3v) is 5.70. The van der Waals surface area contributed by atoms with E-state index in [4.69, 9.17) is 5.10 Å². The molecular weight excluding hydrogens is 412 g/mol. The van der Waals surface area contributed by atoms with Crippen molar-refractivity contribution in [2.75, 3.05) is 0 Å². The molecule has 0 atom stereocenters. The molecule has 2 heterocycles. The maximum atomic E-state index is 13.1. The van der Waals surface area contributed by atoms with Crippen molar-refractivity contribution in [1.29, 1.82) is 0 Å². The van der Waals surface area contributed by atoms with Gasteiger partial charge in [-0.1, -0.05) is 66.7 Å². The first-order valence-corrected chi connectivity index (χ1v) is 10.7. The summed E-state index contributed by atoms with van der Waals surface area (Å²) in [4.78, 5) is 25.5. The Kier molecular flexibility index (Phi) is 5.32. The van der Waals surface area contributed by atoms with Crippen LogP contribution in [-0.2, 0) is 13.6 Å². The molecular formula is C27H22N4O2. The molecule has 5 aromatic rings. The zero-order chi connectivity index (χ0) is 22.8. The Hall–Kier alpha value is -4.45. The standard InChI is InChI=1S/C27H22N4O2/c1-30-24-15-9-8-14-22(24)23(16-25(30)32)27(33)28-17-20-18-31(21-12-6-3-7-13-21)29-26(20)19-10-4-2-5-11-19/h2-16,18H,17H2,1H3,(H,28,33). The fraction of sp³-hybridized carbons (Fsp3) is 0.0741. The summed E-state index contributed by atoms with van der Waals surface area (Å²) in [5, 5.41) is 8.51. The lowest BCUT2D eigenvalue weighted by molar-refractivity contribution is 0.0952. The van der Waals surface area contributed by atoms with Crippen LogP contribution >= 0.6 is 0 Å². The summed E-state index contributed by atoms with van der Waals surface area (Å²) in [7, 11) is 1.70. The van der Waals surface area contributed by atoms with Gasteiger partial charge in [0.1, 0.15) is 0 Å². The van der Waals surface area contributed by atoms with Crippen LogP contribution in [0.3, 0.4) is 0 Å². The fourth-order valence-electron chi connectivity index (χ4n) is 3.96. The largest absolute Gasteiger partial charge is 0.348 e. The van der Waals surface area contributed by atoms with Gasteiger partial charge in [0.25, 0.3) is 11.5 Å². The molecule has 6 nitrogen and oxygen atoms in total. The predicted octanol–water partition coefficient (Wildman–Crippen LogP) is 4.32. The highest BCUT2D eigenvalue weighted by Gasteiger charge is 2.16. The molecule has 5 rings (SSSR count). The zero-order valence-corrected chi connectivity index (χ0v) is 18.1. The van der Waals surface area contributed by atoms with Gasteiger partial charge in [-0.3, -0.25) is 9.59 Å². The minimum atomic E-state index is -0.296. The first kappa shape index (κ1) is 20.5. The lowest BCUT2D eigenvalue weighted by Crippen LogP contribution is -2.26. The lowest BCUT2D eigenvalue weighted by atomic mass is 10.1. The number of aryl methyl sites for hydroxylation is 1. The van der Waals surface area contributed by atoms with Gasteiger partial charge < -0.3 is 9.88 Å². The molecule has 2 aromatic heterocycles. The molecule has 162 valence electrons. The quantitative estimate of drug-likeness (QED) is 0.448. The molecule has 0 saturated heterocycles. The van der Waals surface area contributed by atoms with Crippen molar-refractivity contribution < 1.29 is 4.79 Å². The van der Waals surface area contributed by atoms with Crippen LogP contribution in [0.15, 0.2) is 102 Å². The van der Waals surface area contributed by atoms with Crippen LogP contribution in [0.25, 0.3) is 27.8 Å².